The number of ether oxygens (including phenoxy) is 1. The zero-order valence-electron chi connectivity index (χ0n) is 10.6. The Morgan fingerprint density at radius 2 is 2.00 bits per heavy atom. The van der Waals surface area contributed by atoms with E-state index in [0.29, 0.717) is 23.9 Å². The molecular weight excluding hydrogens is 265 g/mol. The molecule has 0 spiro atoms. The Bertz CT molecular complexity index is 560. The van der Waals surface area contributed by atoms with Crippen LogP contribution >= 0.6 is 11.6 Å². The van der Waals surface area contributed by atoms with Gasteiger partial charge in [0, 0.05) is 17.1 Å². The maximum Gasteiger partial charge on any atom is 0.125 e. The summed E-state index contributed by atoms with van der Waals surface area (Å²) in [6, 6.07) is 11.9. The van der Waals surface area contributed by atoms with Crippen molar-refractivity contribution >= 4 is 11.6 Å². The average molecular weight is 280 g/mol. The normalized spacial score (nSPS) is 10.5. The third kappa shape index (κ3) is 3.69. The summed E-state index contributed by atoms with van der Waals surface area (Å²) in [7, 11) is 1.85. The van der Waals surface area contributed by atoms with Crippen LogP contribution in [0.1, 0.15) is 11.1 Å². The van der Waals surface area contributed by atoms with Crippen molar-refractivity contribution in [1.82, 2.24) is 5.32 Å². The molecule has 0 heterocycles. The van der Waals surface area contributed by atoms with E-state index in [9.17, 15) is 4.39 Å². The fraction of sp³-hybridized carbons (Fsp3) is 0.200. The first kappa shape index (κ1) is 13.8. The first-order valence-electron chi connectivity index (χ1n) is 6.00. The van der Waals surface area contributed by atoms with Crippen LogP contribution in [0.15, 0.2) is 42.5 Å². The van der Waals surface area contributed by atoms with Crippen LogP contribution in [0.25, 0.3) is 0 Å². The summed E-state index contributed by atoms with van der Waals surface area (Å²) in [6.07, 6.45) is 0. The molecule has 1 N–H and O–H groups in total. The lowest BCUT2D eigenvalue weighted by molar-refractivity contribution is 0.302. The third-order valence-electron chi connectivity index (χ3n) is 2.71. The lowest BCUT2D eigenvalue weighted by Crippen LogP contribution is -2.08. The molecule has 0 aliphatic carbocycles. The minimum Gasteiger partial charge on any atom is -0.489 e. The molecule has 0 bridgehead atoms. The van der Waals surface area contributed by atoms with Crippen molar-refractivity contribution in [2.45, 2.75) is 13.2 Å². The minimum absolute atomic E-state index is 0.261. The SMILES string of the molecule is CNCc1c(Cl)cccc1OCc1cccc(F)c1. The number of halogens is 2. The van der Waals surface area contributed by atoms with Crippen molar-refractivity contribution in [2.24, 2.45) is 0 Å². The van der Waals surface area contributed by atoms with Gasteiger partial charge in [-0.3, -0.25) is 0 Å². The number of benzene rings is 2. The van der Waals surface area contributed by atoms with Crippen molar-refractivity contribution < 1.29 is 9.13 Å². The Hall–Kier alpha value is -1.58. The quantitative estimate of drug-likeness (QED) is 0.899. The van der Waals surface area contributed by atoms with E-state index in [1.807, 2.05) is 31.3 Å². The van der Waals surface area contributed by atoms with Crippen LogP contribution in [0.3, 0.4) is 0 Å². The van der Waals surface area contributed by atoms with Crippen LogP contribution in [-0.4, -0.2) is 7.05 Å². The van der Waals surface area contributed by atoms with E-state index in [2.05, 4.69) is 5.32 Å². The summed E-state index contributed by atoms with van der Waals surface area (Å²) in [6.45, 7) is 0.937. The molecule has 19 heavy (non-hydrogen) atoms. The van der Waals surface area contributed by atoms with Gasteiger partial charge in [-0.2, -0.15) is 0 Å². The lowest BCUT2D eigenvalue weighted by atomic mass is 10.2. The van der Waals surface area contributed by atoms with Crippen molar-refractivity contribution in [3.8, 4) is 5.75 Å². The molecule has 2 aromatic rings. The molecule has 0 amide bonds. The summed E-state index contributed by atoms with van der Waals surface area (Å²) >= 11 is 6.14. The van der Waals surface area contributed by atoms with Gasteiger partial charge in [-0.05, 0) is 36.9 Å². The highest BCUT2D eigenvalue weighted by molar-refractivity contribution is 6.31. The van der Waals surface area contributed by atoms with Crippen molar-refractivity contribution in [3.63, 3.8) is 0 Å². The van der Waals surface area contributed by atoms with Gasteiger partial charge in [0.15, 0.2) is 0 Å². The summed E-state index contributed by atoms with van der Waals surface area (Å²) in [4.78, 5) is 0. The highest BCUT2D eigenvalue weighted by atomic mass is 35.5. The van der Waals surface area contributed by atoms with Crippen molar-refractivity contribution in [3.05, 3.63) is 64.4 Å². The molecule has 0 saturated carbocycles. The molecule has 0 aliphatic heterocycles. The van der Waals surface area contributed by atoms with Gasteiger partial charge in [-0.25, -0.2) is 4.39 Å². The second-order valence-electron chi connectivity index (χ2n) is 4.17. The minimum atomic E-state index is -0.261. The van der Waals surface area contributed by atoms with Crippen molar-refractivity contribution in [2.75, 3.05) is 7.05 Å². The third-order valence-corrected chi connectivity index (χ3v) is 3.07. The molecule has 4 heteroatoms. The molecule has 0 atom stereocenters. The van der Waals surface area contributed by atoms with E-state index < -0.39 is 0 Å². The van der Waals surface area contributed by atoms with E-state index in [0.717, 1.165) is 11.1 Å². The molecule has 100 valence electrons. The van der Waals surface area contributed by atoms with Gasteiger partial charge in [0.25, 0.3) is 0 Å². The smallest absolute Gasteiger partial charge is 0.125 e. The molecule has 0 fully saturated rings. The summed E-state index contributed by atoms with van der Waals surface area (Å²) in [5.74, 6) is 0.453. The fourth-order valence-corrected chi connectivity index (χ4v) is 2.04. The highest BCUT2D eigenvalue weighted by Gasteiger charge is 2.07. The second kappa shape index (κ2) is 6.55. The van der Waals surface area contributed by atoms with E-state index in [1.54, 1.807) is 6.07 Å². The first-order chi connectivity index (χ1) is 9.20. The van der Waals surface area contributed by atoms with Crippen LogP contribution < -0.4 is 10.1 Å². The maximum absolute atomic E-state index is 13.1. The van der Waals surface area contributed by atoms with E-state index in [4.69, 9.17) is 16.3 Å². The molecule has 2 rings (SSSR count). The van der Waals surface area contributed by atoms with Crippen LogP contribution in [0.5, 0.6) is 5.75 Å². The van der Waals surface area contributed by atoms with Crippen LogP contribution in [0, 0.1) is 5.82 Å². The Morgan fingerprint density at radius 3 is 2.74 bits per heavy atom. The van der Waals surface area contributed by atoms with Crippen LogP contribution in [0.4, 0.5) is 4.39 Å². The predicted octanol–water partition coefficient (Wildman–Crippen LogP) is 3.78. The molecule has 0 aromatic heterocycles. The highest BCUT2D eigenvalue weighted by Crippen LogP contribution is 2.27. The van der Waals surface area contributed by atoms with E-state index in [1.165, 1.54) is 12.1 Å². The summed E-state index contributed by atoms with van der Waals surface area (Å²) in [5.41, 5.74) is 1.69. The molecule has 2 nitrogen and oxygen atoms in total. The standard InChI is InChI=1S/C15H15ClFNO/c1-18-9-13-14(16)6-3-7-15(13)19-10-11-4-2-5-12(17)8-11/h2-8,18H,9-10H2,1H3. The van der Waals surface area contributed by atoms with Crippen LogP contribution in [-0.2, 0) is 13.2 Å². The maximum atomic E-state index is 13.1. The largest absolute Gasteiger partial charge is 0.489 e. The van der Waals surface area contributed by atoms with Gasteiger partial charge in [0.2, 0.25) is 0 Å². The number of nitrogens with one attached hydrogen (secondary N) is 1. The Kier molecular flexibility index (Phi) is 4.77. The van der Waals surface area contributed by atoms with Gasteiger partial charge in [-0.1, -0.05) is 29.8 Å². The Balaban J connectivity index is 2.13. The van der Waals surface area contributed by atoms with Crippen LogP contribution in [0.2, 0.25) is 5.02 Å². The van der Waals surface area contributed by atoms with E-state index >= 15 is 0 Å². The van der Waals surface area contributed by atoms with Gasteiger partial charge in [0.1, 0.15) is 18.2 Å². The van der Waals surface area contributed by atoms with Crippen molar-refractivity contribution in [1.29, 1.82) is 0 Å². The fourth-order valence-electron chi connectivity index (χ4n) is 1.81. The van der Waals surface area contributed by atoms with Gasteiger partial charge >= 0.3 is 0 Å². The Labute approximate surface area is 117 Å². The second-order valence-corrected chi connectivity index (χ2v) is 4.57. The van der Waals surface area contributed by atoms with E-state index in [-0.39, 0.29) is 5.82 Å². The molecular formula is C15H15ClFNO. The van der Waals surface area contributed by atoms with Gasteiger partial charge in [-0.15, -0.1) is 0 Å². The topological polar surface area (TPSA) is 21.3 Å². The predicted molar refractivity (Wildman–Crippen MR) is 74.9 cm³/mol. The lowest BCUT2D eigenvalue weighted by Gasteiger charge is -2.12. The zero-order chi connectivity index (χ0) is 13.7. The molecule has 0 unspecified atom stereocenters. The zero-order valence-corrected chi connectivity index (χ0v) is 11.4. The average Bonchev–Trinajstić information content (AvgIpc) is 2.40. The number of hydrogen-bond donors (Lipinski definition) is 1. The molecule has 0 aliphatic rings. The molecule has 0 radical (unpaired) electrons. The summed E-state index contributed by atoms with van der Waals surface area (Å²) in [5, 5.41) is 3.71. The molecule has 0 saturated heterocycles. The number of hydrogen-bond acceptors (Lipinski definition) is 2. The number of rotatable bonds is 5. The Morgan fingerprint density at radius 1 is 1.21 bits per heavy atom. The molecule has 2 aromatic carbocycles. The summed E-state index contributed by atoms with van der Waals surface area (Å²) < 4.78 is 18.8. The monoisotopic (exact) mass is 279 g/mol. The van der Waals surface area contributed by atoms with Gasteiger partial charge in [0.05, 0.1) is 0 Å². The first-order valence-corrected chi connectivity index (χ1v) is 6.37. The van der Waals surface area contributed by atoms with Gasteiger partial charge < -0.3 is 10.1 Å².